The van der Waals surface area contributed by atoms with Crippen molar-refractivity contribution < 1.29 is 19.1 Å². The summed E-state index contributed by atoms with van der Waals surface area (Å²) in [5.41, 5.74) is -0.551. The van der Waals surface area contributed by atoms with Crippen LogP contribution in [0.3, 0.4) is 0 Å². The maximum Gasteiger partial charge on any atom is 0.407 e. The van der Waals surface area contributed by atoms with Crippen molar-refractivity contribution in [3.05, 3.63) is 0 Å². The standard InChI is InChI=1S/C13H22ClNO4/c1-13(2,3)19-12(17)15-10-7-5-4-6-9(10)11(16)18-8-14/h9-10H,4-8H2,1-3H3,(H,15,17)/t9?,10-/m1/s1. The molecule has 1 aliphatic carbocycles. The van der Waals surface area contributed by atoms with Gasteiger partial charge in [0.2, 0.25) is 0 Å². The molecule has 2 atom stereocenters. The van der Waals surface area contributed by atoms with Gasteiger partial charge in [0.1, 0.15) is 5.60 Å². The summed E-state index contributed by atoms with van der Waals surface area (Å²) in [6.07, 6.45) is 2.89. The number of carbonyl (C=O) groups excluding carboxylic acids is 2. The Kier molecular flexibility index (Phi) is 5.91. The van der Waals surface area contributed by atoms with E-state index in [-0.39, 0.29) is 24.0 Å². The van der Waals surface area contributed by atoms with Crippen LogP contribution in [0.4, 0.5) is 4.79 Å². The van der Waals surface area contributed by atoms with E-state index >= 15 is 0 Å². The molecule has 1 fully saturated rings. The number of halogens is 1. The van der Waals surface area contributed by atoms with Crippen LogP contribution in [0, 0.1) is 5.92 Å². The Morgan fingerprint density at radius 2 is 1.89 bits per heavy atom. The lowest BCUT2D eigenvalue weighted by molar-refractivity contribution is -0.148. The van der Waals surface area contributed by atoms with E-state index in [0.717, 1.165) is 19.3 Å². The molecule has 0 bridgehead atoms. The number of hydrogen-bond donors (Lipinski definition) is 1. The summed E-state index contributed by atoms with van der Waals surface area (Å²) >= 11 is 5.40. The molecule has 1 amide bonds. The van der Waals surface area contributed by atoms with Crippen molar-refractivity contribution in [1.82, 2.24) is 5.32 Å². The zero-order chi connectivity index (χ0) is 14.5. The maximum atomic E-state index is 11.8. The topological polar surface area (TPSA) is 64.6 Å². The minimum Gasteiger partial charge on any atom is -0.449 e. The second kappa shape index (κ2) is 6.98. The van der Waals surface area contributed by atoms with E-state index in [2.05, 4.69) is 5.32 Å². The second-order valence-corrected chi connectivity index (χ2v) is 5.93. The third-order valence-electron chi connectivity index (χ3n) is 2.97. The molecule has 1 rings (SSSR count). The number of ether oxygens (including phenoxy) is 2. The second-order valence-electron chi connectivity index (χ2n) is 5.72. The van der Waals surface area contributed by atoms with Gasteiger partial charge in [0, 0.05) is 6.04 Å². The predicted octanol–water partition coefficient (Wildman–Crippen LogP) is 2.81. The van der Waals surface area contributed by atoms with E-state index in [0.29, 0.717) is 6.42 Å². The van der Waals surface area contributed by atoms with Gasteiger partial charge in [-0.25, -0.2) is 4.79 Å². The SMILES string of the molecule is CC(C)(C)OC(=O)N[C@@H]1CCCCC1C(=O)OCCl. The van der Waals surface area contributed by atoms with Crippen molar-refractivity contribution in [2.45, 2.75) is 58.1 Å². The average Bonchev–Trinajstić information content (AvgIpc) is 2.27. The Labute approximate surface area is 119 Å². The quantitative estimate of drug-likeness (QED) is 0.641. The molecule has 5 nitrogen and oxygen atoms in total. The molecule has 1 saturated carbocycles. The highest BCUT2D eigenvalue weighted by atomic mass is 35.5. The Balaban J connectivity index is 2.57. The minimum absolute atomic E-state index is 0.158. The number of alkyl carbamates (subject to hydrolysis) is 1. The van der Waals surface area contributed by atoms with Crippen LogP contribution in [-0.2, 0) is 14.3 Å². The molecule has 0 aliphatic heterocycles. The molecule has 0 heterocycles. The molecule has 110 valence electrons. The van der Waals surface area contributed by atoms with Crippen LogP contribution in [0.2, 0.25) is 0 Å². The molecule has 0 saturated heterocycles. The van der Waals surface area contributed by atoms with Gasteiger partial charge in [0.05, 0.1) is 5.92 Å². The Morgan fingerprint density at radius 3 is 2.47 bits per heavy atom. The zero-order valence-corrected chi connectivity index (χ0v) is 12.5. The molecule has 1 aliphatic rings. The summed E-state index contributed by atoms with van der Waals surface area (Å²) in [5.74, 6) is -0.684. The van der Waals surface area contributed by atoms with E-state index in [1.54, 1.807) is 20.8 Å². The van der Waals surface area contributed by atoms with E-state index in [9.17, 15) is 9.59 Å². The zero-order valence-electron chi connectivity index (χ0n) is 11.7. The van der Waals surface area contributed by atoms with Crippen molar-refractivity contribution >= 4 is 23.7 Å². The summed E-state index contributed by atoms with van der Waals surface area (Å²) in [7, 11) is 0. The van der Waals surface area contributed by atoms with Gasteiger partial charge in [-0.3, -0.25) is 4.79 Å². The molecule has 1 N–H and O–H groups in total. The van der Waals surface area contributed by atoms with Crippen LogP contribution < -0.4 is 5.32 Å². The molecular weight excluding hydrogens is 270 g/mol. The van der Waals surface area contributed by atoms with Gasteiger partial charge in [-0.15, -0.1) is 0 Å². The first kappa shape index (κ1) is 16.1. The Bertz CT molecular complexity index is 327. The van der Waals surface area contributed by atoms with Gasteiger partial charge in [0.15, 0.2) is 6.07 Å². The van der Waals surface area contributed by atoms with Crippen LogP contribution in [0.15, 0.2) is 0 Å². The van der Waals surface area contributed by atoms with E-state index in [1.165, 1.54) is 0 Å². The monoisotopic (exact) mass is 291 g/mol. The molecule has 0 aromatic heterocycles. The Morgan fingerprint density at radius 1 is 1.26 bits per heavy atom. The number of esters is 1. The number of alkyl halides is 1. The highest BCUT2D eigenvalue weighted by Crippen LogP contribution is 2.26. The number of rotatable bonds is 3. The molecule has 0 spiro atoms. The van der Waals surface area contributed by atoms with Gasteiger partial charge >= 0.3 is 12.1 Å². The first-order valence-corrected chi connectivity index (χ1v) is 7.09. The summed E-state index contributed by atoms with van der Waals surface area (Å²) in [6, 6.07) is -0.395. The summed E-state index contributed by atoms with van der Waals surface area (Å²) in [5, 5.41) is 2.76. The molecule has 0 radical (unpaired) electrons. The Hall–Kier alpha value is -0.970. The van der Waals surface area contributed by atoms with E-state index < -0.39 is 11.7 Å². The fourth-order valence-corrected chi connectivity index (χ4v) is 2.31. The fourth-order valence-electron chi connectivity index (χ4n) is 2.21. The van der Waals surface area contributed by atoms with Crippen LogP contribution in [0.5, 0.6) is 0 Å². The lowest BCUT2D eigenvalue weighted by atomic mass is 9.84. The minimum atomic E-state index is -0.551. The highest BCUT2D eigenvalue weighted by molar-refractivity contribution is 6.17. The largest absolute Gasteiger partial charge is 0.449 e. The van der Waals surface area contributed by atoms with Crippen molar-refractivity contribution in [3.63, 3.8) is 0 Å². The fraction of sp³-hybridized carbons (Fsp3) is 0.846. The third kappa shape index (κ3) is 5.68. The number of hydrogen-bond acceptors (Lipinski definition) is 4. The summed E-state index contributed by atoms with van der Waals surface area (Å²) in [6.45, 7) is 5.39. The van der Waals surface area contributed by atoms with E-state index in [1.807, 2.05) is 0 Å². The summed E-state index contributed by atoms with van der Waals surface area (Å²) < 4.78 is 10.0. The van der Waals surface area contributed by atoms with Crippen molar-refractivity contribution in [1.29, 1.82) is 0 Å². The molecule has 19 heavy (non-hydrogen) atoms. The third-order valence-corrected chi connectivity index (χ3v) is 3.08. The van der Waals surface area contributed by atoms with Gasteiger partial charge < -0.3 is 14.8 Å². The molecule has 1 unspecified atom stereocenters. The molecule has 6 heteroatoms. The highest BCUT2D eigenvalue weighted by Gasteiger charge is 2.34. The first-order chi connectivity index (χ1) is 8.83. The van der Waals surface area contributed by atoms with Gasteiger partial charge in [-0.2, -0.15) is 0 Å². The number of nitrogens with one attached hydrogen (secondary N) is 1. The maximum absolute atomic E-state index is 11.8. The van der Waals surface area contributed by atoms with Crippen LogP contribution >= 0.6 is 11.6 Å². The van der Waals surface area contributed by atoms with Gasteiger partial charge in [-0.1, -0.05) is 24.4 Å². The van der Waals surface area contributed by atoms with Gasteiger partial charge in [0.25, 0.3) is 0 Å². The predicted molar refractivity (Wildman–Crippen MR) is 71.9 cm³/mol. The van der Waals surface area contributed by atoms with Gasteiger partial charge in [-0.05, 0) is 33.6 Å². The number of amides is 1. The number of carbonyl (C=O) groups is 2. The molecule has 0 aromatic rings. The van der Waals surface area contributed by atoms with Crippen molar-refractivity contribution in [2.75, 3.05) is 6.07 Å². The van der Waals surface area contributed by atoms with Crippen LogP contribution in [0.1, 0.15) is 46.5 Å². The molecular formula is C13H22ClNO4. The van der Waals surface area contributed by atoms with Crippen LogP contribution in [0.25, 0.3) is 0 Å². The average molecular weight is 292 g/mol. The van der Waals surface area contributed by atoms with E-state index in [4.69, 9.17) is 21.1 Å². The van der Waals surface area contributed by atoms with Crippen LogP contribution in [-0.4, -0.2) is 29.8 Å². The normalized spacial score (nSPS) is 23.6. The first-order valence-electron chi connectivity index (χ1n) is 6.55. The lowest BCUT2D eigenvalue weighted by Gasteiger charge is -2.31. The molecule has 0 aromatic carbocycles. The lowest BCUT2D eigenvalue weighted by Crippen LogP contribution is -2.47. The smallest absolute Gasteiger partial charge is 0.407 e. The summed E-state index contributed by atoms with van der Waals surface area (Å²) in [4.78, 5) is 23.5. The van der Waals surface area contributed by atoms with Crippen molar-refractivity contribution in [3.8, 4) is 0 Å². The van der Waals surface area contributed by atoms with Crippen molar-refractivity contribution in [2.24, 2.45) is 5.92 Å².